The van der Waals surface area contributed by atoms with E-state index in [1.165, 1.54) is 19.3 Å². The molecule has 0 aromatic carbocycles. The number of carbonyl (C=O) groups excluding carboxylic acids is 1. The second kappa shape index (κ2) is 11.3. The van der Waals surface area contributed by atoms with Gasteiger partial charge in [0.05, 0.1) is 6.61 Å². The minimum Gasteiger partial charge on any atom is -0.466 e. The molecule has 0 radical (unpaired) electrons. The summed E-state index contributed by atoms with van der Waals surface area (Å²) in [5.74, 6) is 0.698. The summed E-state index contributed by atoms with van der Waals surface area (Å²) in [6.45, 7) is 7.51. The SMILES string of the molecule is CCNC(=NCC1(CCOC)CCC1)NCCCC(=O)OCC. The van der Waals surface area contributed by atoms with E-state index in [1.807, 2.05) is 6.92 Å². The Bertz CT molecular complexity index is 368. The fourth-order valence-electron chi connectivity index (χ4n) is 2.74. The summed E-state index contributed by atoms with van der Waals surface area (Å²) in [6, 6.07) is 0. The monoisotopic (exact) mass is 327 g/mol. The van der Waals surface area contributed by atoms with Crippen molar-refractivity contribution in [1.29, 1.82) is 0 Å². The van der Waals surface area contributed by atoms with E-state index in [2.05, 4.69) is 17.6 Å². The summed E-state index contributed by atoms with van der Waals surface area (Å²) in [6.07, 6.45) is 6.04. The molecule has 1 aliphatic rings. The quantitative estimate of drug-likeness (QED) is 0.263. The van der Waals surface area contributed by atoms with Crippen molar-refractivity contribution in [3.05, 3.63) is 0 Å². The lowest BCUT2D eigenvalue weighted by Crippen LogP contribution is -2.40. The summed E-state index contributed by atoms with van der Waals surface area (Å²) in [5.41, 5.74) is 0.323. The van der Waals surface area contributed by atoms with Crippen molar-refractivity contribution in [3.8, 4) is 0 Å². The molecule has 0 heterocycles. The molecule has 0 amide bonds. The summed E-state index contributed by atoms with van der Waals surface area (Å²) >= 11 is 0. The third-order valence-corrected chi connectivity index (χ3v) is 4.32. The highest BCUT2D eigenvalue weighted by Crippen LogP contribution is 2.44. The van der Waals surface area contributed by atoms with Gasteiger partial charge in [-0.3, -0.25) is 9.79 Å². The van der Waals surface area contributed by atoms with Crippen molar-refractivity contribution in [1.82, 2.24) is 10.6 Å². The van der Waals surface area contributed by atoms with Crippen LogP contribution in [0.25, 0.3) is 0 Å². The Kier molecular flexibility index (Phi) is 9.67. The van der Waals surface area contributed by atoms with Gasteiger partial charge in [0.2, 0.25) is 0 Å². The molecule has 0 aromatic rings. The van der Waals surface area contributed by atoms with Crippen LogP contribution in [-0.2, 0) is 14.3 Å². The van der Waals surface area contributed by atoms with Crippen molar-refractivity contribution >= 4 is 11.9 Å². The highest BCUT2D eigenvalue weighted by molar-refractivity contribution is 5.79. The molecule has 0 spiro atoms. The summed E-state index contributed by atoms with van der Waals surface area (Å²) in [5, 5.41) is 6.56. The van der Waals surface area contributed by atoms with Gasteiger partial charge in [-0.15, -0.1) is 0 Å². The molecule has 0 atom stereocenters. The number of nitrogens with one attached hydrogen (secondary N) is 2. The first kappa shape index (κ1) is 19.7. The molecular weight excluding hydrogens is 294 g/mol. The first-order chi connectivity index (χ1) is 11.2. The van der Waals surface area contributed by atoms with Crippen LogP contribution < -0.4 is 10.6 Å². The van der Waals surface area contributed by atoms with Gasteiger partial charge in [-0.2, -0.15) is 0 Å². The number of carbonyl (C=O) groups is 1. The van der Waals surface area contributed by atoms with Crippen molar-refractivity contribution in [2.24, 2.45) is 10.4 Å². The van der Waals surface area contributed by atoms with E-state index >= 15 is 0 Å². The second-order valence-corrected chi connectivity index (χ2v) is 6.13. The number of methoxy groups -OCH3 is 1. The Morgan fingerprint density at radius 3 is 2.61 bits per heavy atom. The Labute approximate surface area is 140 Å². The molecule has 6 nitrogen and oxygen atoms in total. The van der Waals surface area contributed by atoms with Crippen molar-refractivity contribution in [2.75, 3.05) is 40.0 Å². The van der Waals surface area contributed by atoms with E-state index in [9.17, 15) is 4.79 Å². The van der Waals surface area contributed by atoms with Crippen molar-refractivity contribution in [2.45, 2.75) is 52.4 Å². The number of hydrogen-bond donors (Lipinski definition) is 2. The van der Waals surface area contributed by atoms with Gasteiger partial charge >= 0.3 is 5.97 Å². The molecule has 6 heteroatoms. The fraction of sp³-hybridized carbons (Fsp3) is 0.882. The number of esters is 1. The number of hydrogen-bond acceptors (Lipinski definition) is 4. The first-order valence-electron chi connectivity index (χ1n) is 8.82. The van der Waals surface area contributed by atoms with E-state index in [1.54, 1.807) is 7.11 Å². The molecule has 0 bridgehead atoms. The maximum Gasteiger partial charge on any atom is 0.305 e. The Balaban J connectivity index is 2.36. The van der Waals surface area contributed by atoms with Crippen molar-refractivity contribution < 1.29 is 14.3 Å². The molecule has 0 unspecified atom stereocenters. The van der Waals surface area contributed by atoms with Crippen LogP contribution in [0, 0.1) is 5.41 Å². The standard InChI is InChI=1S/C17H33N3O3/c1-4-18-16(19-12-6-8-15(21)23-5-2)20-14-17(9-7-10-17)11-13-22-3/h4-14H2,1-3H3,(H2,18,19,20). The molecule has 134 valence electrons. The van der Waals surface area contributed by atoms with Crippen LogP contribution in [-0.4, -0.2) is 51.9 Å². The van der Waals surface area contributed by atoms with Crippen LogP contribution in [0.15, 0.2) is 4.99 Å². The zero-order valence-electron chi connectivity index (χ0n) is 15.0. The van der Waals surface area contributed by atoms with Crippen LogP contribution in [0.1, 0.15) is 52.4 Å². The van der Waals surface area contributed by atoms with Gasteiger partial charge in [0.1, 0.15) is 0 Å². The molecule has 2 N–H and O–H groups in total. The van der Waals surface area contributed by atoms with Gasteiger partial charge in [0, 0.05) is 39.8 Å². The molecule has 1 rings (SSSR count). The maximum atomic E-state index is 11.3. The van der Waals surface area contributed by atoms with Crippen LogP contribution in [0.5, 0.6) is 0 Å². The van der Waals surface area contributed by atoms with E-state index < -0.39 is 0 Å². The van der Waals surface area contributed by atoms with E-state index in [0.717, 1.165) is 45.0 Å². The minimum atomic E-state index is -0.135. The molecule has 23 heavy (non-hydrogen) atoms. The molecule has 0 aromatic heterocycles. The zero-order valence-corrected chi connectivity index (χ0v) is 15.0. The highest BCUT2D eigenvalue weighted by Gasteiger charge is 2.36. The Morgan fingerprint density at radius 2 is 2.04 bits per heavy atom. The smallest absolute Gasteiger partial charge is 0.305 e. The number of rotatable bonds is 11. The molecule has 0 aliphatic heterocycles. The number of guanidine groups is 1. The third-order valence-electron chi connectivity index (χ3n) is 4.32. The summed E-state index contributed by atoms with van der Waals surface area (Å²) in [7, 11) is 1.75. The van der Waals surface area contributed by atoms with Crippen LogP contribution in [0.3, 0.4) is 0 Å². The van der Waals surface area contributed by atoms with Crippen molar-refractivity contribution in [3.63, 3.8) is 0 Å². The number of ether oxygens (including phenoxy) is 2. The normalized spacial score (nSPS) is 16.6. The fourth-order valence-corrected chi connectivity index (χ4v) is 2.74. The topological polar surface area (TPSA) is 72.0 Å². The largest absolute Gasteiger partial charge is 0.466 e. The van der Waals surface area contributed by atoms with E-state index in [-0.39, 0.29) is 5.97 Å². The van der Waals surface area contributed by atoms with E-state index in [0.29, 0.717) is 18.4 Å². The van der Waals surface area contributed by atoms with Gasteiger partial charge in [-0.1, -0.05) is 6.42 Å². The molecular formula is C17H33N3O3. The molecule has 1 aliphatic carbocycles. The number of aliphatic imine (C=N–C) groups is 1. The van der Waals surface area contributed by atoms with Crippen LogP contribution in [0.2, 0.25) is 0 Å². The second-order valence-electron chi connectivity index (χ2n) is 6.13. The summed E-state index contributed by atoms with van der Waals surface area (Å²) < 4.78 is 10.1. The van der Waals surface area contributed by atoms with Crippen LogP contribution in [0.4, 0.5) is 0 Å². The minimum absolute atomic E-state index is 0.135. The summed E-state index contributed by atoms with van der Waals surface area (Å²) in [4.78, 5) is 16.0. The lowest BCUT2D eigenvalue weighted by Gasteiger charge is -2.40. The van der Waals surface area contributed by atoms with Crippen LogP contribution >= 0.6 is 0 Å². The number of nitrogens with zero attached hydrogens (tertiary/aromatic N) is 1. The predicted molar refractivity (Wildman–Crippen MR) is 92.6 cm³/mol. The highest BCUT2D eigenvalue weighted by atomic mass is 16.5. The zero-order chi connectivity index (χ0) is 17.0. The van der Waals surface area contributed by atoms with Gasteiger partial charge < -0.3 is 20.1 Å². The Morgan fingerprint density at radius 1 is 1.26 bits per heavy atom. The van der Waals surface area contributed by atoms with Gasteiger partial charge in [0.15, 0.2) is 5.96 Å². The van der Waals surface area contributed by atoms with Gasteiger partial charge in [-0.25, -0.2) is 0 Å². The lowest BCUT2D eigenvalue weighted by atomic mass is 9.67. The first-order valence-corrected chi connectivity index (χ1v) is 8.82. The van der Waals surface area contributed by atoms with E-state index in [4.69, 9.17) is 14.5 Å². The van der Waals surface area contributed by atoms with Gasteiger partial charge in [-0.05, 0) is 44.9 Å². The maximum absolute atomic E-state index is 11.3. The third kappa shape index (κ3) is 7.68. The van der Waals surface area contributed by atoms with Gasteiger partial charge in [0.25, 0.3) is 0 Å². The average Bonchev–Trinajstić information content (AvgIpc) is 2.50. The average molecular weight is 327 g/mol. The Hall–Kier alpha value is -1.30. The lowest BCUT2D eigenvalue weighted by molar-refractivity contribution is -0.143. The molecule has 1 fully saturated rings. The molecule has 0 saturated heterocycles. The molecule has 1 saturated carbocycles. The predicted octanol–water partition coefficient (Wildman–Crippen LogP) is 2.09.